The number of carbonyl (C=O) groups excluding carboxylic acids is 1. The van der Waals surface area contributed by atoms with Gasteiger partial charge in [-0.2, -0.15) is 8.42 Å². The molecule has 0 aromatic heterocycles. The van der Waals surface area contributed by atoms with Crippen molar-refractivity contribution >= 4 is 16.8 Å². The molecular formula is C11H14FNO4S. The number of carbonyl (C=O) groups is 1. The maximum atomic E-state index is 12.2. The largest absolute Gasteiger partial charge is 0.488 e. The van der Waals surface area contributed by atoms with E-state index in [2.05, 4.69) is 4.18 Å². The van der Waals surface area contributed by atoms with Gasteiger partial charge in [0.15, 0.2) is 0 Å². The average Bonchev–Trinajstić information content (AvgIpc) is 2.30. The predicted octanol–water partition coefficient (Wildman–Crippen LogP) is 0.986. The number of nitrogens with two attached hydrogens (primary N) is 1. The van der Waals surface area contributed by atoms with Crippen molar-refractivity contribution in [2.24, 2.45) is 11.1 Å². The van der Waals surface area contributed by atoms with Crippen LogP contribution < -0.4 is 9.92 Å². The summed E-state index contributed by atoms with van der Waals surface area (Å²) in [4.78, 5) is 10.9. The van der Waals surface area contributed by atoms with Crippen molar-refractivity contribution < 1.29 is 21.3 Å². The van der Waals surface area contributed by atoms with Crippen molar-refractivity contribution in [3.05, 3.63) is 29.8 Å². The van der Waals surface area contributed by atoms with Crippen LogP contribution in [-0.2, 0) is 21.7 Å². The minimum absolute atomic E-state index is 0.123. The lowest BCUT2D eigenvalue weighted by molar-refractivity contribution is -0.115. The topological polar surface area (TPSA) is 86.5 Å². The minimum atomic E-state index is -5.01. The number of hydrogen-bond donors (Lipinski definition) is 1. The molecule has 0 heterocycles. The molecule has 7 heteroatoms. The third-order valence-electron chi connectivity index (χ3n) is 2.48. The minimum Gasteiger partial charge on any atom is -0.358 e. The van der Waals surface area contributed by atoms with Gasteiger partial charge in [-0.15, -0.1) is 0 Å². The van der Waals surface area contributed by atoms with Crippen LogP contribution in [0.3, 0.4) is 0 Å². The Labute approximate surface area is 105 Å². The first kappa shape index (κ1) is 14.6. The summed E-state index contributed by atoms with van der Waals surface area (Å²) in [5.74, 6) is -0.123. The Kier molecular flexibility index (Phi) is 4.42. The Bertz CT molecular complexity index is 514. The van der Waals surface area contributed by atoms with Crippen LogP contribution in [0.25, 0.3) is 0 Å². The van der Waals surface area contributed by atoms with E-state index in [0.29, 0.717) is 6.42 Å². The SMILES string of the molecule is C[C@@](C=O)(CN)Cc1ccc(OS(=O)(=O)F)cc1. The molecular weight excluding hydrogens is 261 g/mol. The van der Waals surface area contributed by atoms with E-state index in [-0.39, 0.29) is 12.3 Å². The molecule has 1 aromatic rings. The fourth-order valence-electron chi connectivity index (χ4n) is 1.41. The van der Waals surface area contributed by atoms with E-state index >= 15 is 0 Å². The molecule has 2 N–H and O–H groups in total. The lowest BCUT2D eigenvalue weighted by Gasteiger charge is -2.20. The highest BCUT2D eigenvalue weighted by molar-refractivity contribution is 7.81. The summed E-state index contributed by atoms with van der Waals surface area (Å²) in [5.41, 5.74) is 5.60. The van der Waals surface area contributed by atoms with Gasteiger partial charge in [0.05, 0.1) is 0 Å². The zero-order valence-electron chi connectivity index (χ0n) is 9.80. The first-order valence-electron chi connectivity index (χ1n) is 5.17. The van der Waals surface area contributed by atoms with E-state index in [1.165, 1.54) is 12.1 Å². The summed E-state index contributed by atoms with van der Waals surface area (Å²) in [6, 6.07) is 5.73. The normalized spacial score (nSPS) is 14.8. The van der Waals surface area contributed by atoms with Crippen LogP contribution in [0.5, 0.6) is 5.75 Å². The standard InChI is InChI=1S/C11H14FNO4S/c1-11(7-13,8-14)6-9-2-4-10(5-3-9)17-18(12,15)16/h2-5,8H,6-7,13H2,1H3/t11-/m0/s1. The Morgan fingerprint density at radius 2 is 1.94 bits per heavy atom. The summed E-state index contributed by atoms with van der Waals surface area (Å²) in [6.45, 7) is 1.92. The number of rotatable bonds is 6. The molecule has 0 spiro atoms. The second-order valence-corrected chi connectivity index (χ2v) is 5.23. The monoisotopic (exact) mass is 275 g/mol. The first-order chi connectivity index (χ1) is 8.28. The van der Waals surface area contributed by atoms with Crippen molar-refractivity contribution in [2.75, 3.05) is 6.54 Å². The lowest BCUT2D eigenvalue weighted by atomic mass is 9.85. The van der Waals surface area contributed by atoms with Gasteiger partial charge >= 0.3 is 10.5 Å². The molecule has 0 bridgehead atoms. The molecule has 0 saturated heterocycles. The van der Waals surface area contributed by atoms with Gasteiger partial charge in [-0.3, -0.25) is 0 Å². The zero-order chi connectivity index (χ0) is 13.8. The second kappa shape index (κ2) is 5.45. The fraction of sp³-hybridized carbons (Fsp3) is 0.364. The van der Waals surface area contributed by atoms with Gasteiger partial charge in [-0.1, -0.05) is 22.9 Å². The van der Waals surface area contributed by atoms with Gasteiger partial charge in [0.1, 0.15) is 12.0 Å². The molecule has 1 aromatic carbocycles. The highest BCUT2D eigenvalue weighted by Gasteiger charge is 2.22. The number of hydrogen-bond acceptors (Lipinski definition) is 5. The van der Waals surface area contributed by atoms with E-state index in [1.54, 1.807) is 19.1 Å². The average molecular weight is 275 g/mol. The second-order valence-electron chi connectivity index (χ2n) is 4.27. The molecule has 1 atom stereocenters. The van der Waals surface area contributed by atoms with Crippen LogP contribution in [0.1, 0.15) is 12.5 Å². The molecule has 5 nitrogen and oxygen atoms in total. The Morgan fingerprint density at radius 1 is 1.39 bits per heavy atom. The van der Waals surface area contributed by atoms with Crippen LogP contribution in [0.15, 0.2) is 24.3 Å². The molecule has 100 valence electrons. The van der Waals surface area contributed by atoms with E-state index in [0.717, 1.165) is 11.8 Å². The zero-order valence-corrected chi connectivity index (χ0v) is 10.6. The quantitative estimate of drug-likeness (QED) is 0.618. The Morgan fingerprint density at radius 3 is 2.33 bits per heavy atom. The molecule has 0 saturated carbocycles. The number of halogens is 1. The van der Waals surface area contributed by atoms with Crippen molar-refractivity contribution in [3.8, 4) is 5.75 Å². The number of benzene rings is 1. The summed E-state index contributed by atoms with van der Waals surface area (Å²) in [7, 11) is -5.01. The molecule has 0 amide bonds. The van der Waals surface area contributed by atoms with Crippen molar-refractivity contribution in [3.63, 3.8) is 0 Å². The Hall–Kier alpha value is -1.47. The molecule has 1 rings (SSSR count). The van der Waals surface area contributed by atoms with Gasteiger partial charge < -0.3 is 14.7 Å². The molecule has 0 aliphatic carbocycles. The van der Waals surface area contributed by atoms with Gasteiger partial charge in [-0.25, -0.2) is 0 Å². The van der Waals surface area contributed by atoms with Crippen LogP contribution in [-0.4, -0.2) is 21.2 Å². The van der Waals surface area contributed by atoms with E-state index < -0.39 is 15.9 Å². The van der Waals surface area contributed by atoms with Crippen molar-refractivity contribution in [1.82, 2.24) is 0 Å². The molecule has 0 aliphatic rings. The smallest absolute Gasteiger partial charge is 0.358 e. The van der Waals surface area contributed by atoms with Gasteiger partial charge in [0, 0.05) is 12.0 Å². The third-order valence-corrected chi connectivity index (χ3v) is 2.87. The molecule has 18 heavy (non-hydrogen) atoms. The summed E-state index contributed by atoms with van der Waals surface area (Å²) in [5, 5.41) is 0. The maximum absolute atomic E-state index is 12.2. The molecule has 0 fully saturated rings. The van der Waals surface area contributed by atoms with Crippen molar-refractivity contribution in [2.45, 2.75) is 13.3 Å². The first-order valence-corrected chi connectivity index (χ1v) is 6.48. The summed E-state index contributed by atoms with van der Waals surface area (Å²) < 4.78 is 36.8. The van der Waals surface area contributed by atoms with Gasteiger partial charge in [0.2, 0.25) is 0 Å². The summed E-state index contributed by atoms with van der Waals surface area (Å²) in [6.07, 6.45) is 1.19. The Balaban J connectivity index is 2.81. The maximum Gasteiger partial charge on any atom is 0.488 e. The van der Waals surface area contributed by atoms with Gasteiger partial charge in [0.25, 0.3) is 0 Å². The van der Waals surface area contributed by atoms with Crippen LogP contribution >= 0.6 is 0 Å². The van der Waals surface area contributed by atoms with E-state index in [1.807, 2.05) is 0 Å². The predicted molar refractivity (Wildman–Crippen MR) is 64.0 cm³/mol. The van der Waals surface area contributed by atoms with Crippen LogP contribution in [0.4, 0.5) is 3.89 Å². The fourth-order valence-corrected chi connectivity index (χ4v) is 1.75. The molecule has 0 unspecified atom stereocenters. The third kappa shape index (κ3) is 4.42. The van der Waals surface area contributed by atoms with Crippen molar-refractivity contribution in [1.29, 1.82) is 0 Å². The highest BCUT2D eigenvalue weighted by atomic mass is 32.3. The summed E-state index contributed by atoms with van der Waals surface area (Å²) >= 11 is 0. The lowest BCUT2D eigenvalue weighted by Crippen LogP contribution is -2.31. The highest BCUT2D eigenvalue weighted by Crippen LogP contribution is 2.21. The van der Waals surface area contributed by atoms with Crippen LogP contribution in [0, 0.1) is 5.41 Å². The van der Waals surface area contributed by atoms with Gasteiger partial charge in [-0.05, 0) is 24.1 Å². The number of aldehydes is 1. The molecule has 0 aliphatic heterocycles. The van der Waals surface area contributed by atoms with E-state index in [4.69, 9.17) is 5.73 Å². The van der Waals surface area contributed by atoms with Crippen LogP contribution in [0.2, 0.25) is 0 Å². The molecule has 0 radical (unpaired) electrons. The van der Waals surface area contributed by atoms with E-state index in [9.17, 15) is 17.1 Å².